The topological polar surface area (TPSA) is 134 Å². The Morgan fingerprint density at radius 1 is 1.04 bits per heavy atom. The minimum absolute atomic E-state index is 0.0879. The predicted molar refractivity (Wildman–Crippen MR) is 101 cm³/mol. The van der Waals surface area contributed by atoms with E-state index in [0.29, 0.717) is 11.4 Å². The highest BCUT2D eigenvalue weighted by atomic mass is 32.2. The maximum absolute atomic E-state index is 12.4. The second kappa shape index (κ2) is 8.72. The molecule has 10 heteroatoms. The third kappa shape index (κ3) is 4.99. The van der Waals surface area contributed by atoms with Crippen LogP contribution in [0.3, 0.4) is 0 Å². The van der Waals surface area contributed by atoms with E-state index in [2.05, 4.69) is 5.32 Å². The van der Waals surface area contributed by atoms with Crippen LogP contribution in [0.4, 0.5) is 5.69 Å². The number of amides is 1. The van der Waals surface area contributed by atoms with Crippen LogP contribution in [0.1, 0.15) is 17.3 Å². The standard InChI is InChI=1S/C18H20N2O7S/c1-11(17(21)20-12-7-9-13(10-8-12)28(19,23)24)27-18(22)14-5-4-6-15(25-2)16(14)26-3/h4-11H,1-3H3,(H,20,21)(H2,19,23,24). The molecule has 1 amide bonds. The van der Waals surface area contributed by atoms with Gasteiger partial charge < -0.3 is 19.5 Å². The molecule has 0 fully saturated rings. The van der Waals surface area contributed by atoms with E-state index in [1.54, 1.807) is 12.1 Å². The highest BCUT2D eigenvalue weighted by Crippen LogP contribution is 2.31. The quantitative estimate of drug-likeness (QED) is 0.664. The van der Waals surface area contributed by atoms with E-state index in [4.69, 9.17) is 19.3 Å². The monoisotopic (exact) mass is 408 g/mol. The zero-order chi connectivity index (χ0) is 20.9. The van der Waals surface area contributed by atoms with Crippen LogP contribution >= 0.6 is 0 Å². The van der Waals surface area contributed by atoms with Gasteiger partial charge in [-0.15, -0.1) is 0 Å². The fourth-order valence-corrected chi connectivity index (χ4v) is 2.81. The predicted octanol–water partition coefficient (Wildman–Crippen LogP) is 1.54. The van der Waals surface area contributed by atoms with Crippen molar-refractivity contribution in [1.82, 2.24) is 0 Å². The smallest absolute Gasteiger partial charge is 0.342 e. The first-order valence-electron chi connectivity index (χ1n) is 8.03. The Hall–Kier alpha value is -3.11. The number of nitrogens with one attached hydrogen (secondary N) is 1. The van der Waals surface area contributed by atoms with Crippen molar-refractivity contribution in [1.29, 1.82) is 0 Å². The summed E-state index contributed by atoms with van der Waals surface area (Å²) >= 11 is 0. The molecule has 9 nitrogen and oxygen atoms in total. The number of rotatable bonds is 7. The molecule has 0 aliphatic heterocycles. The van der Waals surface area contributed by atoms with E-state index in [9.17, 15) is 18.0 Å². The second-order valence-electron chi connectivity index (χ2n) is 5.65. The lowest BCUT2D eigenvalue weighted by Gasteiger charge is -2.16. The average molecular weight is 408 g/mol. The van der Waals surface area contributed by atoms with Crippen LogP contribution in [-0.4, -0.2) is 40.6 Å². The summed E-state index contributed by atoms with van der Waals surface area (Å²) in [4.78, 5) is 24.6. The van der Waals surface area contributed by atoms with Gasteiger partial charge in [0.05, 0.1) is 19.1 Å². The van der Waals surface area contributed by atoms with Gasteiger partial charge in [-0.3, -0.25) is 4.79 Å². The SMILES string of the molecule is COc1cccc(C(=O)OC(C)C(=O)Nc2ccc(S(N)(=O)=O)cc2)c1OC. The number of para-hydroxylation sites is 1. The first kappa shape index (κ1) is 21.2. The van der Waals surface area contributed by atoms with Crippen molar-refractivity contribution in [3.63, 3.8) is 0 Å². The molecule has 0 aliphatic carbocycles. The molecule has 2 aromatic carbocycles. The Balaban J connectivity index is 2.07. The Morgan fingerprint density at radius 2 is 1.68 bits per heavy atom. The number of benzene rings is 2. The van der Waals surface area contributed by atoms with Crippen molar-refractivity contribution in [3.8, 4) is 11.5 Å². The molecule has 1 atom stereocenters. The Morgan fingerprint density at radius 3 is 2.21 bits per heavy atom. The number of hydrogen-bond acceptors (Lipinski definition) is 7. The van der Waals surface area contributed by atoms with Crippen LogP contribution in [0.25, 0.3) is 0 Å². The number of anilines is 1. The van der Waals surface area contributed by atoms with Gasteiger partial charge in [-0.25, -0.2) is 18.4 Å². The number of nitrogens with two attached hydrogens (primary N) is 1. The van der Waals surface area contributed by atoms with Crippen LogP contribution in [-0.2, 0) is 19.6 Å². The number of carbonyl (C=O) groups excluding carboxylic acids is 2. The van der Waals surface area contributed by atoms with Crippen LogP contribution in [0.15, 0.2) is 47.4 Å². The molecule has 3 N–H and O–H groups in total. The van der Waals surface area contributed by atoms with Crippen molar-refractivity contribution in [2.24, 2.45) is 5.14 Å². The van der Waals surface area contributed by atoms with Crippen LogP contribution < -0.4 is 19.9 Å². The normalized spacial score (nSPS) is 12.0. The zero-order valence-corrected chi connectivity index (χ0v) is 16.3. The zero-order valence-electron chi connectivity index (χ0n) is 15.5. The number of primary sulfonamides is 1. The summed E-state index contributed by atoms with van der Waals surface area (Å²) in [5.41, 5.74) is 0.429. The molecule has 0 bridgehead atoms. The van der Waals surface area contributed by atoms with Gasteiger partial charge in [-0.2, -0.15) is 0 Å². The van der Waals surface area contributed by atoms with E-state index in [0.717, 1.165) is 0 Å². The maximum atomic E-state index is 12.4. The van der Waals surface area contributed by atoms with E-state index >= 15 is 0 Å². The molecule has 28 heavy (non-hydrogen) atoms. The highest BCUT2D eigenvalue weighted by molar-refractivity contribution is 7.89. The van der Waals surface area contributed by atoms with Gasteiger partial charge in [0.15, 0.2) is 17.6 Å². The van der Waals surface area contributed by atoms with Crippen LogP contribution in [0, 0.1) is 0 Å². The summed E-state index contributed by atoms with van der Waals surface area (Å²) in [5.74, 6) is -0.813. The van der Waals surface area contributed by atoms with Crippen molar-refractivity contribution in [2.45, 2.75) is 17.9 Å². The Bertz CT molecular complexity index is 972. The third-order valence-electron chi connectivity index (χ3n) is 3.73. The van der Waals surface area contributed by atoms with Gasteiger partial charge in [-0.1, -0.05) is 6.07 Å². The minimum Gasteiger partial charge on any atom is -0.493 e. The minimum atomic E-state index is -3.83. The van der Waals surface area contributed by atoms with E-state index in [-0.39, 0.29) is 16.2 Å². The number of carbonyl (C=O) groups is 2. The number of esters is 1. The van der Waals surface area contributed by atoms with Crippen molar-refractivity contribution < 1.29 is 32.2 Å². The third-order valence-corrected chi connectivity index (χ3v) is 4.66. The second-order valence-corrected chi connectivity index (χ2v) is 7.21. The number of sulfonamides is 1. The largest absolute Gasteiger partial charge is 0.493 e. The molecule has 0 aromatic heterocycles. The van der Waals surface area contributed by atoms with Gasteiger partial charge in [0, 0.05) is 5.69 Å². The van der Waals surface area contributed by atoms with Gasteiger partial charge >= 0.3 is 5.97 Å². The van der Waals surface area contributed by atoms with Crippen molar-refractivity contribution in [3.05, 3.63) is 48.0 Å². The summed E-state index contributed by atoms with van der Waals surface area (Å²) in [6.45, 7) is 1.40. The van der Waals surface area contributed by atoms with Crippen LogP contribution in [0.2, 0.25) is 0 Å². The van der Waals surface area contributed by atoms with Gasteiger partial charge in [0.25, 0.3) is 5.91 Å². The van der Waals surface area contributed by atoms with E-state index < -0.39 is 28.0 Å². The number of hydrogen-bond donors (Lipinski definition) is 2. The molecule has 0 saturated carbocycles. The van der Waals surface area contributed by atoms with Crippen molar-refractivity contribution >= 4 is 27.6 Å². The summed E-state index contributed by atoms with van der Waals surface area (Å²) in [5, 5.41) is 7.54. The lowest BCUT2D eigenvalue weighted by molar-refractivity contribution is -0.123. The molecule has 0 spiro atoms. The maximum Gasteiger partial charge on any atom is 0.342 e. The first-order chi connectivity index (χ1) is 13.2. The summed E-state index contributed by atoms with van der Waals surface area (Å²) in [6, 6.07) is 9.95. The molecule has 0 aliphatic rings. The van der Waals surface area contributed by atoms with Gasteiger partial charge in [0.1, 0.15) is 5.56 Å². The fourth-order valence-electron chi connectivity index (χ4n) is 2.30. The Kier molecular flexibility index (Phi) is 6.60. The Labute approximate surface area is 162 Å². The lowest BCUT2D eigenvalue weighted by Crippen LogP contribution is -2.30. The lowest BCUT2D eigenvalue weighted by atomic mass is 10.2. The molecular weight excluding hydrogens is 388 g/mol. The summed E-state index contributed by atoms with van der Waals surface area (Å²) in [7, 11) is -1.01. The molecule has 2 rings (SSSR count). The van der Waals surface area contributed by atoms with Gasteiger partial charge in [0.2, 0.25) is 10.0 Å². The number of ether oxygens (including phenoxy) is 3. The molecule has 2 aromatic rings. The molecule has 0 heterocycles. The highest BCUT2D eigenvalue weighted by Gasteiger charge is 2.23. The first-order valence-corrected chi connectivity index (χ1v) is 9.57. The number of methoxy groups -OCH3 is 2. The van der Waals surface area contributed by atoms with Crippen LogP contribution in [0.5, 0.6) is 11.5 Å². The van der Waals surface area contributed by atoms with E-state index in [1.165, 1.54) is 51.5 Å². The fraction of sp³-hybridized carbons (Fsp3) is 0.222. The van der Waals surface area contributed by atoms with Gasteiger partial charge in [-0.05, 0) is 43.3 Å². The molecule has 1 unspecified atom stereocenters. The molecule has 0 saturated heterocycles. The van der Waals surface area contributed by atoms with Crippen molar-refractivity contribution in [2.75, 3.05) is 19.5 Å². The summed E-state index contributed by atoms with van der Waals surface area (Å²) in [6.07, 6.45) is -1.12. The van der Waals surface area contributed by atoms with E-state index in [1.807, 2.05) is 0 Å². The molecule has 150 valence electrons. The average Bonchev–Trinajstić information content (AvgIpc) is 2.66. The molecular formula is C18H20N2O7S. The molecule has 0 radical (unpaired) electrons. The summed E-state index contributed by atoms with van der Waals surface area (Å²) < 4.78 is 38.0.